The van der Waals surface area contributed by atoms with Crippen LogP contribution in [0.2, 0.25) is 0 Å². The molecule has 2 aromatic rings. The van der Waals surface area contributed by atoms with Crippen LogP contribution < -0.4 is 16.8 Å². The van der Waals surface area contributed by atoms with E-state index >= 15 is 0 Å². The fourth-order valence-electron chi connectivity index (χ4n) is 1.28. The van der Waals surface area contributed by atoms with Crippen molar-refractivity contribution < 1.29 is 4.79 Å². The van der Waals surface area contributed by atoms with Gasteiger partial charge in [0.1, 0.15) is 10.6 Å². The third-order valence-electron chi connectivity index (χ3n) is 2.00. The van der Waals surface area contributed by atoms with Crippen molar-refractivity contribution in [1.82, 2.24) is 4.37 Å². The molecule has 82 valence electrons. The summed E-state index contributed by atoms with van der Waals surface area (Å²) in [7, 11) is 0. The van der Waals surface area contributed by atoms with Crippen LogP contribution in [0.25, 0.3) is 0 Å². The van der Waals surface area contributed by atoms with Crippen LogP contribution in [0.4, 0.5) is 16.5 Å². The minimum atomic E-state index is -0.579. The van der Waals surface area contributed by atoms with Gasteiger partial charge >= 0.3 is 0 Å². The van der Waals surface area contributed by atoms with E-state index in [4.69, 9.17) is 11.5 Å². The zero-order valence-electron chi connectivity index (χ0n) is 8.31. The van der Waals surface area contributed by atoms with Crippen molar-refractivity contribution in [2.75, 3.05) is 11.1 Å². The van der Waals surface area contributed by atoms with Gasteiger partial charge in [-0.2, -0.15) is 4.37 Å². The van der Waals surface area contributed by atoms with Gasteiger partial charge in [0.15, 0.2) is 5.82 Å². The van der Waals surface area contributed by atoms with Crippen molar-refractivity contribution in [3.8, 4) is 0 Å². The van der Waals surface area contributed by atoms with E-state index in [1.54, 1.807) is 0 Å². The molecule has 0 aliphatic heterocycles. The maximum atomic E-state index is 11.2. The van der Waals surface area contributed by atoms with E-state index in [-0.39, 0.29) is 11.4 Å². The average molecular weight is 234 g/mol. The number of nitrogen functional groups attached to an aromatic ring is 1. The molecule has 5 N–H and O–H groups in total. The van der Waals surface area contributed by atoms with Crippen LogP contribution >= 0.6 is 11.5 Å². The zero-order chi connectivity index (χ0) is 11.5. The SMILES string of the molecule is NC(=O)c1c(N)nsc1Nc1ccccc1. The molecule has 0 fully saturated rings. The lowest BCUT2D eigenvalue weighted by atomic mass is 10.3. The standard InChI is InChI=1S/C10H10N4OS/c11-8-7(9(12)15)10(16-14-8)13-6-4-2-1-3-5-6/h1-5,13H,(H2,11,14)(H2,12,15). The van der Waals surface area contributed by atoms with E-state index in [2.05, 4.69) is 9.69 Å². The van der Waals surface area contributed by atoms with Crippen LogP contribution in [0.1, 0.15) is 10.4 Å². The van der Waals surface area contributed by atoms with Crippen molar-refractivity contribution in [3.63, 3.8) is 0 Å². The van der Waals surface area contributed by atoms with E-state index in [9.17, 15) is 4.79 Å². The zero-order valence-corrected chi connectivity index (χ0v) is 9.12. The first kappa shape index (κ1) is 10.4. The molecule has 1 amide bonds. The third kappa shape index (κ3) is 1.96. The summed E-state index contributed by atoms with van der Waals surface area (Å²) in [6, 6.07) is 9.43. The molecule has 1 heterocycles. The quantitative estimate of drug-likeness (QED) is 0.751. The van der Waals surface area contributed by atoms with Gasteiger partial charge in [0.05, 0.1) is 0 Å². The van der Waals surface area contributed by atoms with Gasteiger partial charge in [0, 0.05) is 5.69 Å². The number of rotatable bonds is 3. The van der Waals surface area contributed by atoms with Crippen molar-refractivity contribution in [1.29, 1.82) is 0 Å². The van der Waals surface area contributed by atoms with Gasteiger partial charge in [-0.15, -0.1) is 0 Å². The Balaban J connectivity index is 2.32. The number of aromatic nitrogens is 1. The van der Waals surface area contributed by atoms with Gasteiger partial charge in [-0.25, -0.2) is 0 Å². The van der Waals surface area contributed by atoms with Crippen molar-refractivity contribution in [2.45, 2.75) is 0 Å². The smallest absolute Gasteiger partial charge is 0.255 e. The number of hydrogen-bond donors (Lipinski definition) is 3. The Labute approximate surface area is 96.2 Å². The largest absolute Gasteiger partial charge is 0.382 e. The number of benzene rings is 1. The molecule has 0 spiro atoms. The number of hydrogen-bond acceptors (Lipinski definition) is 5. The topological polar surface area (TPSA) is 94.0 Å². The number of nitrogens with one attached hydrogen (secondary N) is 1. The summed E-state index contributed by atoms with van der Waals surface area (Å²) in [5, 5.41) is 3.62. The lowest BCUT2D eigenvalue weighted by molar-refractivity contribution is 0.100. The predicted molar refractivity (Wildman–Crippen MR) is 64.8 cm³/mol. The highest BCUT2D eigenvalue weighted by Crippen LogP contribution is 2.29. The van der Waals surface area contributed by atoms with Gasteiger partial charge in [0.25, 0.3) is 5.91 Å². The van der Waals surface area contributed by atoms with Crippen LogP contribution in [-0.4, -0.2) is 10.3 Å². The Hall–Kier alpha value is -2.08. The molecule has 5 nitrogen and oxygen atoms in total. The van der Waals surface area contributed by atoms with E-state index in [0.717, 1.165) is 17.2 Å². The molecule has 0 unspecified atom stereocenters. The molecule has 0 saturated heterocycles. The van der Waals surface area contributed by atoms with Crippen molar-refractivity contribution in [3.05, 3.63) is 35.9 Å². The second-order valence-corrected chi connectivity index (χ2v) is 3.90. The molecule has 0 atom stereocenters. The lowest BCUT2D eigenvalue weighted by Crippen LogP contribution is -2.13. The van der Waals surface area contributed by atoms with Crippen LogP contribution in [0.3, 0.4) is 0 Å². The molecule has 0 saturated carbocycles. The number of carbonyl (C=O) groups excluding carboxylic acids is 1. The molecular weight excluding hydrogens is 224 g/mol. The average Bonchev–Trinajstić information content (AvgIpc) is 2.61. The molecule has 0 bridgehead atoms. The third-order valence-corrected chi connectivity index (χ3v) is 2.77. The number of carbonyl (C=O) groups is 1. The van der Waals surface area contributed by atoms with Crippen LogP contribution in [0.15, 0.2) is 30.3 Å². The Bertz CT molecular complexity index is 509. The molecule has 1 aromatic heterocycles. The summed E-state index contributed by atoms with van der Waals surface area (Å²) >= 11 is 1.11. The first-order valence-electron chi connectivity index (χ1n) is 4.55. The van der Waals surface area contributed by atoms with E-state index in [1.165, 1.54) is 0 Å². The summed E-state index contributed by atoms with van der Waals surface area (Å²) < 4.78 is 3.89. The minimum Gasteiger partial charge on any atom is -0.382 e. The summed E-state index contributed by atoms with van der Waals surface area (Å²) in [4.78, 5) is 11.2. The van der Waals surface area contributed by atoms with Gasteiger partial charge < -0.3 is 16.8 Å². The molecular formula is C10H10N4OS. The number of nitrogens with zero attached hydrogens (tertiary/aromatic N) is 1. The van der Waals surface area contributed by atoms with E-state index in [1.807, 2.05) is 30.3 Å². The number of nitrogens with two attached hydrogens (primary N) is 2. The molecule has 0 aliphatic carbocycles. The molecule has 2 rings (SSSR count). The summed E-state index contributed by atoms with van der Waals surface area (Å²) in [6.07, 6.45) is 0. The normalized spacial score (nSPS) is 10.0. The number of amides is 1. The molecule has 0 aliphatic rings. The lowest BCUT2D eigenvalue weighted by Gasteiger charge is -2.04. The summed E-state index contributed by atoms with van der Waals surface area (Å²) in [5.41, 5.74) is 11.9. The Morgan fingerprint density at radius 3 is 2.62 bits per heavy atom. The highest BCUT2D eigenvalue weighted by atomic mass is 32.1. The van der Waals surface area contributed by atoms with Crippen LogP contribution in [0.5, 0.6) is 0 Å². The Morgan fingerprint density at radius 1 is 1.31 bits per heavy atom. The first-order valence-corrected chi connectivity index (χ1v) is 5.33. The van der Waals surface area contributed by atoms with Crippen LogP contribution in [0, 0.1) is 0 Å². The molecule has 0 radical (unpaired) electrons. The van der Waals surface area contributed by atoms with Gasteiger partial charge in [0.2, 0.25) is 0 Å². The second kappa shape index (κ2) is 4.19. The second-order valence-electron chi connectivity index (χ2n) is 3.13. The maximum Gasteiger partial charge on any atom is 0.255 e. The fraction of sp³-hybridized carbons (Fsp3) is 0. The fourth-order valence-corrected chi connectivity index (χ4v) is 2.02. The Morgan fingerprint density at radius 2 is 2.00 bits per heavy atom. The minimum absolute atomic E-state index is 0.163. The first-order chi connectivity index (χ1) is 7.68. The number of primary amides is 1. The summed E-state index contributed by atoms with van der Waals surface area (Å²) in [6.45, 7) is 0. The Kier molecular flexibility index (Phi) is 2.74. The van der Waals surface area contributed by atoms with Gasteiger partial charge in [-0.1, -0.05) is 18.2 Å². The molecule has 6 heteroatoms. The van der Waals surface area contributed by atoms with E-state index < -0.39 is 5.91 Å². The van der Waals surface area contributed by atoms with Crippen molar-refractivity contribution >= 4 is 33.9 Å². The highest BCUT2D eigenvalue weighted by Gasteiger charge is 2.16. The predicted octanol–water partition coefficient (Wildman–Crippen LogP) is 1.57. The maximum absolute atomic E-state index is 11.2. The number of anilines is 3. The van der Waals surface area contributed by atoms with E-state index in [0.29, 0.717) is 5.00 Å². The van der Waals surface area contributed by atoms with Crippen LogP contribution in [-0.2, 0) is 0 Å². The molecule has 1 aromatic carbocycles. The van der Waals surface area contributed by atoms with Crippen molar-refractivity contribution in [2.24, 2.45) is 5.73 Å². The van der Waals surface area contributed by atoms with Gasteiger partial charge in [-0.3, -0.25) is 4.79 Å². The number of para-hydroxylation sites is 1. The highest BCUT2D eigenvalue weighted by molar-refractivity contribution is 7.11. The van der Waals surface area contributed by atoms with Gasteiger partial charge in [-0.05, 0) is 23.7 Å². The monoisotopic (exact) mass is 234 g/mol. The molecule has 16 heavy (non-hydrogen) atoms. The summed E-state index contributed by atoms with van der Waals surface area (Å²) in [5.74, 6) is -0.416.